The van der Waals surface area contributed by atoms with Gasteiger partial charge in [-0.25, -0.2) is 4.39 Å². The topological polar surface area (TPSA) is 29.5 Å². The molecular formula is C15H12ClFO2. The van der Waals surface area contributed by atoms with Crippen molar-refractivity contribution in [2.45, 2.75) is 18.6 Å². The number of halogens is 2. The van der Waals surface area contributed by atoms with Crippen molar-refractivity contribution in [1.29, 1.82) is 0 Å². The lowest BCUT2D eigenvalue weighted by molar-refractivity contribution is 0.0656. The van der Waals surface area contributed by atoms with E-state index >= 15 is 0 Å². The molecule has 0 saturated carbocycles. The summed E-state index contributed by atoms with van der Waals surface area (Å²) in [6.45, 7) is 0. The number of hydrogen-bond donors (Lipinski definition) is 1. The van der Waals surface area contributed by atoms with E-state index in [1.165, 1.54) is 12.1 Å². The third-order valence-electron chi connectivity index (χ3n) is 3.24. The molecule has 1 aliphatic heterocycles. The summed E-state index contributed by atoms with van der Waals surface area (Å²) in [4.78, 5) is 0. The Morgan fingerprint density at radius 2 is 2.00 bits per heavy atom. The molecule has 0 aromatic heterocycles. The van der Waals surface area contributed by atoms with E-state index in [4.69, 9.17) is 16.3 Å². The Hall–Kier alpha value is -1.58. The van der Waals surface area contributed by atoms with Crippen LogP contribution in [0.15, 0.2) is 42.5 Å². The molecule has 0 saturated heterocycles. The number of ether oxygens (including phenoxy) is 1. The van der Waals surface area contributed by atoms with Gasteiger partial charge in [0.25, 0.3) is 0 Å². The van der Waals surface area contributed by atoms with Gasteiger partial charge < -0.3 is 9.84 Å². The van der Waals surface area contributed by atoms with Gasteiger partial charge in [0.2, 0.25) is 0 Å². The molecule has 2 atom stereocenters. The van der Waals surface area contributed by atoms with Crippen molar-refractivity contribution in [3.05, 3.63) is 64.4 Å². The molecule has 1 unspecified atom stereocenters. The Balaban J connectivity index is 1.96. The lowest BCUT2D eigenvalue weighted by atomic mass is 9.95. The summed E-state index contributed by atoms with van der Waals surface area (Å²) >= 11 is 5.85. The van der Waals surface area contributed by atoms with Crippen molar-refractivity contribution in [1.82, 2.24) is 0 Å². The van der Waals surface area contributed by atoms with Crippen molar-refractivity contribution in [2.75, 3.05) is 0 Å². The Morgan fingerprint density at radius 3 is 2.79 bits per heavy atom. The van der Waals surface area contributed by atoms with Crippen molar-refractivity contribution in [3.8, 4) is 5.75 Å². The Morgan fingerprint density at radius 1 is 1.21 bits per heavy atom. The molecule has 0 fully saturated rings. The third-order valence-corrected chi connectivity index (χ3v) is 3.46. The highest BCUT2D eigenvalue weighted by atomic mass is 35.5. The highest BCUT2D eigenvalue weighted by molar-refractivity contribution is 6.30. The quantitative estimate of drug-likeness (QED) is 0.853. The molecule has 19 heavy (non-hydrogen) atoms. The van der Waals surface area contributed by atoms with Gasteiger partial charge in [-0.2, -0.15) is 0 Å². The number of hydrogen-bond acceptors (Lipinski definition) is 2. The molecule has 2 nitrogen and oxygen atoms in total. The normalized spacial score (nSPS) is 21.6. The summed E-state index contributed by atoms with van der Waals surface area (Å²) in [6, 6.07) is 11.6. The lowest BCUT2D eigenvalue weighted by Crippen LogP contribution is -2.19. The van der Waals surface area contributed by atoms with Crippen molar-refractivity contribution in [3.63, 3.8) is 0 Å². The second-order valence-electron chi connectivity index (χ2n) is 4.60. The van der Waals surface area contributed by atoms with Gasteiger partial charge in [-0.3, -0.25) is 0 Å². The molecule has 0 radical (unpaired) electrons. The molecule has 98 valence electrons. The van der Waals surface area contributed by atoms with Crippen molar-refractivity contribution < 1.29 is 14.2 Å². The maximum Gasteiger partial charge on any atom is 0.127 e. The van der Waals surface area contributed by atoms with Crippen LogP contribution in [0.2, 0.25) is 5.02 Å². The molecule has 0 aliphatic carbocycles. The Kier molecular flexibility index (Phi) is 3.17. The molecule has 1 N–H and O–H groups in total. The van der Waals surface area contributed by atoms with Gasteiger partial charge >= 0.3 is 0 Å². The van der Waals surface area contributed by atoms with E-state index in [1.54, 1.807) is 12.1 Å². The van der Waals surface area contributed by atoms with Crippen molar-refractivity contribution in [2.24, 2.45) is 0 Å². The summed E-state index contributed by atoms with van der Waals surface area (Å²) < 4.78 is 19.2. The Labute approximate surface area is 115 Å². The molecule has 4 heteroatoms. The number of rotatable bonds is 1. The van der Waals surface area contributed by atoms with Crippen LogP contribution in [-0.2, 0) is 0 Å². The number of aliphatic hydroxyl groups is 1. The SMILES string of the molecule is O[C@@H]1CC(c2cc(F)cc(Cl)c2)Oc2ccccc21. The van der Waals surface area contributed by atoms with Gasteiger partial charge in [0.05, 0.1) is 6.10 Å². The van der Waals surface area contributed by atoms with E-state index in [2.05, 4.69) is 0 Å². The first-order valence-electron chi connectivity index (χ1n) is 6.03. The second kappa shape index (κ2) is 4.83. The van der Waals surface area contributed by atoms with Crippen LogP contribution in [-0.4, -0.2) is 5.11 Å². The summed E-state index contributed by atoms with van der Waals surface area (Å²) in [6.07, 6.45) is -0.619. The molecule has 0 amide bonds. The number of para-hydroxylation sites is 1. The molecule has 2 aromatic rings. The maximum absolute atomic E-state index is 13.4. The smallest absolute Gasteiger partial charge is 0.127 e. The van der Waals surface area contributed by atoms with Crippen LogP contribution in [0.25, 0.3) is 0 Å². The van der Waals surface area contributed by atoms with E-state index < -0.39 is 18.0 Å². The third kappa shape index (κ3) is 2.44. The van der Waals surface area contributed by atoms with Gasteiger partial charge in [0.1, 0.15) is 17.7 Å². The average Bonchev–Trinajstić information content (AvgIpc) is 2.37. The molecule has 0 spiro atoms. The monoisotopic (exact) mass is 278 g/mol. The molecule has 1 aliphatic rings. The number of aliphatic hydroxyl groups excluding tert-OH is 1. The van der Waals surface area contributed by atoms with E-state index in [-0.39, 0.29) is 0 Å². The zero-order valence-corrected chi connectivity index (χ0v) is 10.8. The minimum absolute atomic E-state index is 0.326. The summed E-state index contributed by atoms with van der Waals surface area (Å²) in [5.41, 5.74) is 1.40. The molecule has 1 heterocycles. The van der Waals surface area contributed by atoms with Crippen molar-refractivity contribution >= 4 is 11.6 Å². The summed E-state index contributed by atoms with van der Waals surface area (Å²) in [5, 5.41) is 10.5. The highest BCUT2D eigenvalue weighted by Gasteiger charge is 2.28. The Bertz CT molecular complexity index is 595. The van der Waals surface area contributed by atoms with Crippen LogP contribution >= 0.6 is 11.6 Å². The zero-order valence-electron chi connectivity index (χ0n) is 10.0. The molecule has 3 rings (SSSR count). The first-order chi connectivity index (χ1) is 9.13. The van der Waals surface area contributed by atoms with Crippen LogP contribution in [0.5, 0.6) is 5.75 Å². The zero-order chi connectivity index (χ0) is 13.4. The summed E-state index contributed by atoms with van der Waals surface area (Å²) in [7, 11) is 0. The second-order valence-corrected chi connectivity index (χ2v) is 5.04. The standard InChI is InChI=1S/C15H12ClFO2/c16-10-5-9(6-11(17)7-10)15-8-13(18)12-3-1-2-4-14(12)19-15/h1-7,13,15,18H,8H2/t13-,15?/m1/s1. The van der Waals surface area contributed by atoms with Crippen LogP contribution < -0.4 is 4.74 Å². The predicted molar refractivity (Wildman–Crippen MR) is 70.8 cm³/mol. The number of benzene rings is 2. The van der Waals surface area contributed by atoms with E-state index in [0.717, 1.165) is 5.56 Å². The predicted octanol–water partition coefficient (Wildman–Crippen LogP) is 4.04. The van der Waals surface area contributed by atoms with Gasteiger partial charge in [0, 0.05) is 17.0 Å². The fourth-order valence-corrected chi connectivity index (χ4v) is 2.59. The first-order valence-corrected chi connectivity index (χ1v) is 6.41. The van der Waals surface area contributed by atoms with Crippen LogP contribution in [0, 0.1) is 5.82 Å². The van der Waals surface area contributed by atoms with Gasteiger partial charge in [-0.05, 0) is 29.8 Å². The van der Waals surface area contributed by atoms with E-state index in [0.29, 0.717) is 22.8 Å². The largest absolute Gasteiger partial charge is 0.485 e. The average molecular weight is 279 g/mol. The van der Waals surface area contributed by atoms with Gasteiger partial charge in [-0.15, -0.1) is 0 Å². The fourth-order valence-electron chi connectivity index (χ4n) is 2.36. The highest BCUT2D eigenvalue weighted by Crippen LogP contribution is 2.40. The van der Waals surface area contributed by atoms with Crippen LogP contribution in [0.1, 0.15) is 29.8 Å². The summed E-state index contributed by atoms with van der Waals surface area (Å²) in [5.74, 6) is 0.228. The van der Waals surface area contributed by atoms with Crippen LogP contribution in [0.4, 0.5) is 4.39 Å². The van der Waals surface area contributed by atoms with E-state index in [9.17, 15) is 9.50 Å². The maximum atomic E-state index is 13.4. The minimum atomic E-state index is -0.614. The van der Waals surface area contributed by atoms with Gasteiger partial charge in [-0.1, -0.05) is 29.8 Å². The van der Waals surface area contributed by atoms with Gasteiger partial charge in [0.15, 0.2) is 0 Å². The van der Waals surface area contributed by atoms with Crippen LogP contribution in [0.3, 0.4) is 0 Å². The van der Waals surface area contributed by atoms with E-state index in [1.807, 2.05) is 18.2 Å². The number of fused-ring (bicyclic) bond motifs is 1. The molecular weight excluding hydrogens is 267 g/mol. The molecule has 0 bridgehead atoms. The molecule has 2 aromatic carbocycles. The lowest BCUT2D eigenvalue weighted by Gasteiger charge is -2.29. The first kappa shape index (κ1) is 12.5. The minimum Gasteiger partial charge on any atom is -0.485 e. The fraction of sp³-hybridized carbons (Fsp3) is 0.200.